The zero-order chi connectivity index (χ0) is 18.1. The number of carbonyl (C=O) groups excluding carboxylic acids is 2. The van der Waals surface area contributed by atoms with Gasteiger partial charge in [-0.3, -0.25) is 9.59 Å². The number of rotatable bonds is 8. The van der Waals surface area contributed by atoms with Crippen molar-refractivity contribution in [1.82, 2.24) is 5.32 Å². The number of esters is 1. The molecule has 0 fully saturated rings. The van der Waals surface area contributed by atoms with Crippen LogP contribution in [0.1, 0.15) is 18.1 Å². The predicted octanol–water partition coefficient (Wildman–Crippen LogP) is 3.38. The molecule has 0 aliphatic heterocycles. The van der Waals surface area contributed by atoms with Crippen LogP contribution in [0.3, 0.4) is 0 Å². The molecule has 5 heteroatoms. The van der Waals surface area contributed by atoms with E-state index in [4.69, 9.17) is 4.74 Å². The topological polar surface area (TPSA) is 55.4 Å². The maximum atomic E-state index is 12.0. The summed E-state index contributed by atoms with van der Waals surface area (Å²) < 4.78 is 5.09. The largest absolute Gasteiger partial charge is 0.455 e. The fraction of sp³-hybridized carbons (Fsp3) is 0.300. The lowest BCUT2D eigenvalue weighted by Crippen LogP contribution is -2.31. The SMILES string of the molecule is Cc1ccccc1CCNC(=O)COC(=O)[C@@H](C)Sc1ccccc1. The van der Waals surface area contributed by atoms with E-state index in [-0.39, 0.29) is 23.7 Å². The maximum Gasteiger partial charge on any atom is 0.319 e. The Labute approximate surface area is 153 Å². The fourth-order valence-electron chi connectivity index (χ4n) is 2.28. The van der Waals surface area contributed by atoms with Crippen molar-refractivity contribution in [2.24, 2.45) is 0 Å². The Balaban J connectivity index is 1.67. The molecule has 0 radical (unpaired) electrons. The van der Waals surface area contributed by atoms with Crippen molar-refractivity contribution >= 4 is 23.6 Å². The average molecular weight is 357 g/mol. The van der Waals surface area contributed by atoms with E-state index in [1.165, 1.54) is 22.9 Å². The van der Waals surface area contributed by atoms with Crippen LogP contribution in [0.15, 0.2) is 59.5 Å². The van der Waals surface area contributed by atoms with Crippen LogP contribution in [0.25, 0.3) is 0 Å². The lowest BCUT2D eigenvalue weighted by Gasteiger charge is -2.11. The van der Waals surface area contributed by atoms with Gasteiger partial charge in [-0.15, -0.1) is 11.8 Å². The van der Waals surface area contributed by atoms with E-state index in [9.17, 15) is 9.59 Å². The first kappa shape index (κ1) is 19.1. The third-order valence-corrected chi connectivity index (χ3v) is 4.80. The molecule has 0 heterocycles. The van der Waals surface area contributed by atoms with Crippen LogP contribution in [0, 0.1) is 6.92 Å². The molecule has 2 aromatic rings. The highest BCUT2D eigenvalue weighted by Gasteiger charge is 2.17. The molecule has 0 aliphatic carbocycles. The van der Waals surface area contributed by atoms with Crippen LogP contribution in [0.4, 0.5) is 0 Å². The van der Waals surface area contributed by atoms with E-state index >= 15 is 0 Å². The summed E-state index contributed by atoms with van der Waals surface area (Å²) in [5, 5.41) is 2.42. The Morgan fingerprint density at radius 1 is 1.08 bits per heavy atom. The average Bonchev–Trinajstić information content (AvgIpc) is 2.62. The minimum atomic E-state index is -0.386. The van der Waals surface area contributed by atoms with Crippen molar-refractivity contribution in [2.45, 2.75) is 30.4 Å². The molecule has 1 atom stereocenters. The molecule has 2 aromatic carbocycles. The number of amides is 1. The molecule has 0 spiro atoms. The molecule has 0 saturated heterocycles. The Morgan fingerprint density at radius 3 is 2.48 bits per heavy atom. The van der Waals surface area contributed by atoms with Crippen LogP contribution in [-0.2, 0) is 20.7 Å². The van der Waals surface area contributed by atoms with Gasteiger partial charge in [-0.25, -0.2) is 0 Å². The quantitative estimate of drug-likeness (QED) is 0.581. The number of carbonyl (C=O) groups is 2. The van der Waals surface area contributed by atoms with E-state index in [0.29, 0.717) is 6.54 Å². The van der Waals surface area contributed by atoms with Crippen molar-refractivity contribution in [3.63, 3.8) is 0 Å². The highest BCUT2D eigenvalue weighted by atomic mass is 32.2. The third kappa shape index (κ3) is 6.63. The smallest absolute Gasteiger partial charge is 0.319 e. The number of aryl methyl sites for hydroxylation is 1. The molecule has 1 N–H and O–H groups in total. The monoisotopic (exact) mass is 357 g/mol. The van der Waals surface area contributed by atoms with Crippen LogP contribution in [0.2, 0.25) is 0 Å². The number of ether oxygens (including phenoxy) is 1. The van der Waals surface area contributed by atoms with Gasteiger partial charge in [-0.1, -0.05) is 42.5 Å². The van der Waals surface area contributed by atoms with E-state index in [1.54, 1.807) is 6.92 Å². The highest BCUT2D eigenvalue weighted by Crippen LogP contribution is 2.23. The molecule has 2 rings (SSSR count). The maximum absolute atomic E-state index is 12.0. The van der Waals surface area contributed by atoms with E-state index in [0.717, 1.165) is 11.3 Å². The Kier molecular flexibility index (Phi) is 7.54. The first-order valence-corrected chi connectivity index (χ1v) is 9.14. The van der Waals surface area contributed by atoms with Crippen LogP contribution in [0.5, 0.6) is 0 Å². The second-order valence-electron chi connectivity index (χ2n) is 5.71. The lowest BCUT2D eigenvalue weighted by atomic mass is 10.1. The number of thioether (sulfide) groups is 1. The Morgan fingerprint density at radius 2 is 1.76 bits per heavy atom. The Bertz CT molecular complexity index is 703. The molecular weight excluding hydrogens is 334 g/mol. The summed E-state index contributed by atoms with van der Waals surface area (Å²) in [6.07, 6.45) is 0.757. The minimum Gasteiger partial charge on any atom is -0.455 e. The van der Waals surface area contributed by atoms with Gasteiger partial charge >= 0.3 is 5.97 Å². The number of hydrogen-bond acceptors (Lipinski definition) is 4. The van der Waals surface area contributed by atoms with Crippen LogP contribution >= 0.6 is 11.8 Å². The third-order valence-electron chi connectivity index (χ3n) is 3.71. The zero-order valence-corrected chi connectivity index (χ0v) is 15.3. The van der Waals surface area contributed by atoms with Gasteiger partial charge in [-0.05, 0) is 43.5 Å². The molecule has 132 valence electrons. The van der Waals surface area contributed by atoms with E-state index in [1.807, 2.05) is 61.5 Å². The molecule has 0 saturated carbocycles. The summed E-state index contributed by atoms with van der Waals surface area (Å²) in [4.78, 5) is 24.8. The first-order chi connectivity index (χ1) is 12.1. The summed E-state index contributed by atoms with van der Waals surface area (Å²) in [7, 11) is 0. The van der Waals surface area contributed by atoms with Gasteiger partial charge in [-0.2, -0.15) is 0 Å². The molecular formula is C20H23NO3S. The van der Waals surface area contributed by atoms with Crippen molar-refractivity contribution in [2.75, 3.05) is 13.2 Å². The van der Waals surface area contributed by atoms with E-state index < -0.39 is 0 Å². The van der Waals surface area contributed by atoms with Gasteiger partial charge < -0.3 is 10.1 Å². The fourth-order valence-corrected chi connectivity index (χ4v) is 3.17. The summed E-state index contributed by atoms with van der Waals surface area (Å²) >= 11 is 1.41. The van der Waals surface area contributed by atoms with Gasteiger partial charge in [0.05, 0.1) is 0 Å². The van der Waals surface area contributed by atoms with Crippen LogP contribution in [-0.4, -0.2) is 30.3 Å². The zero-order valence-electron chi connectivity index (χ0n) is 14.5. The Hall–Kier alpha value is -2.27. The summed E-state index contributed by atoms with van der Waals surface area (Å²) in [6, 6.07) is 17.7. The molecule has 0 unspecified atom stereocenters. The molecule has 4 nitrogen and oxygen atoms in total. The minimum absolute atomic E-state index is 0.244. The summed E-state index contributed by atoms with van der Waals surface area (Å²) in [5.41, 5.74) is 2.41. The second kappa shape index (κ2) is 9.89. The van der Waals surface area contributed by atoms with Crippen molar-refractivity contribution in [3.05, 3.63) is 65.7 Å². The molecule has 0 aliphatic rings. The van der Waals surface area contributed by atoms with Crippen molar-refractivity contribution < 1.29 is 14.3 Å². The second-order valence-corrected chi connectivity index (χ2v) is 7.12. The number of hydrogen-bond donors (Lipinski definition) is 1. The van der Waals surface area contributed by atoms with Crippen molar-refractivity contribution in [1.29, 1.82) is 0 Å². The number of benzene rings is 2. The standard InChI is InChI=1S/C20H23NO3S/c1-15-8-6-7-9-17(15)12-13-21-19(22)14-24-20(23)16(2)25-18-10-4-3-5-11-18/h3-11,16H,12-14H2,1-2H3,(H,21,22)/t16-/m1/s1. The molecule has 0 bridgehead atoms. The van der Waals surface area contributed by atoms with Gasteiger partial charge in [0.25, 0.3) is 5.91 Å². The van der Waals surface area contributed by atoms with Gasteiger partial charge in [0.1, 0.15) is 5.25 Å². The summed E-state index contributed by atoms with van der Waals surface area (Å²) in [5.74, 6) is -0.665. The van der Waals surface area contributed by atoms with Gasteiger partial charge in [0, 0.05) is 11.4 Å². The number of nitrogens with one attached hydrogen (secondary N) is 1. The molecule has 0 aromatic heterocycles. The molecule has 25 heavy (non-hydrogen) atoms. The highest BCUT2D eigenvalue weighted by molar-refractivity contribution is 8.00. The molecule has 1 amide bonds. The van der Waals surface area contributed by atoms with Crippen molar-refractivity contribution in [3.8, 4) is 0 Å². The van der Waals surface area contributed by atoms with E-state index in [2.05, 4.69) is 5.32 Å². The lowest BCUT2D eigenvalue weighted by molar-refractivity contribution is -0.147. The predicted molar refractivity (Wildman–Crippen MR) is 101 cm³/mol. The van der Waals surface area contributed by atoms with Gasteiger partial charge in [0.2, 0.25) is 0 Å². The summed E-state index contributed by atoms with van der Waals surface area (Å²) in [6.45, 7) is 4.10. The van der Waals surface area contributed by atoms with Crippen LogP contribution < -0.4 is 5.32 Å². The normalized spacial score (nSPS) is 11.6. The van der Waals surface area contributed by atoms with Gasteiger partial charge in [0.15, 0.2) is 6.61 Å². The first-order valence-electron chi connectivity index (χ1n) is 8.26.